The van der Waals surface area contributed by atoms with Crippen LogP contribution in [0.4, 0.5) is 23.0 Å². The topological polar surface area (TPSA) is 104 Å². The first-order valence-electron chi connectivity index (χ1n) is 11.0. The Kier molecular flexibility index (Phi) is 9.11. The number of rotatable bonds is 9. The number of aryl methyl sites for hydroxylation is 1. The number of aromatic carboxylic acids is 1. The smallest absolute Gasteiger partial charge is 0.344 e. The SMILES string of the molecule is Cc1cc(F)c(COc2nsc(NC(=O)NCCCN3CCCCCC3)c2C(=O)O)c(F)c1F. The zero-order valence-corrected chi connectivity index (χ0v) is 19.6. The monoisotopic (exact) mass is 500 g/mol. The normalized spacial score (nSPS) is 14.5. The third-order valence-electron chi connectivity index (χ3n) is 5.53. The third-order valence-corrected chi connectivity index (χ3v) is 6.27. The Morgan fingerprint density at radius 2 is 1.88 bits per heavy atom. The Morgan fingerprint density at radius 3 is 2.56 bits per heavy atom. The average Bonchev–Trinajstić information content (AvgIpc) is 3.00. The molecule has 3 N–H and O–H groups in total. The molecule has 0 saturated carbocycles. The van der Waals surface area contributed by atoms with E-state index in [2.05, 4.69) is 19.9 Å². The van der Waals surface area contributed by atoms with Crippen LogP contribution in [-0.2, 0) is 6.61 Å². The van der Waals surface area contributed by atoms with Gasteiger partial charge in [-0.1, -0.05) is 12.8 Å². The molecule has 8 nitrogen and oxygen atoms in total. The van der Waals surface area contributed by atoms with Crippen molar-refractivity contribution in [2.24, 2.45) is 0 Å². The van der Waals surface area contributed by atoms with Gasteiger partial charge in [0.1, 0.15) is 17.4 Å². The minimum Gasteiger partial charge on any atom is -0.477 e. The number of carboxylic acids is 1. The summed E-state index contributed by atoms with van der Waals surface area (Å²) in [5, 5.41) is 14.5. The first kappa shape index (κ1) is 25.8. The molecule has 34 heavy (non-hydrogen) atoms. The number of hydrogen-bond acceptors (Lipinski definition) is 6. The van der Waals surface area contributed by atoms with E-state index in [1.54, 1.807) is 0 Å². The van der Waals surface area contributed by atoms with E-state index in [1.165, 1.54) is 32.6 Å². The Balaban J connectivity index is 1.56. The molecule has 1 aromatic carbocycles. The van der Waals surface area contributed by atoms with Gasteiger partial charge in [0.15, 0.2) is 17.2 Å². The highest BCUT2D eigenvalue weighted by Crippen LogP contribution is 2.31. The molecular weight excluding hydrogens is 473 g/mol. The van der Waals surface area contributed by atoms with Crippen molar-refractivity contribution in [2.45, 2.75) is 45.6 Å². The molecule has 1 aromatic heterocycles. The predicted molar refractivity (Wildman–Crippen MR) is 121 cm³/mol. The summed E-state index contributed by atoms with van der Waals surface area (Å²) in [7, 11) is 0. The predicted octanol–water partition coefficient (Wildman–Crippen LogP) is 4.53. The van der Waals surface area contributed by atoms with Crippen LogP contribution in [0.25, 0.3) is 0 Å². The average molecular weight is 501 g/mol. The summed E-state index contributed by atoms with van der Waals surface area (Å²) in [6, 6.07) is 0.215. The second-order valence-electron chi connectivity index (χ2n) is 8.06. The lowest BCUT2D eigenvalue weighted by Gasteiger charge is -2.19. The molecule has 0 bridgehead atoms. The number of nitrogens with zero attached hydrogens (tertiary/aromatic N) is 2. The number of benzene rings is 1. The molecule has 0 unspecified atom stereocenters. The number of carbonyl (C=O) groups excluding carboxylic acids is 1. The highest BCUT2D eigenvalue weighted by atomic mass is 32.1. The molecule has 2 aromatic rings. The molecule has 12 heteroatoms. The number of amides is 2. The molecule has 1 saturated heterocycles. The number of likely N-dealkylation sites (tertiary alicyclic amines) is 1. The fourth-order valence-electron chi connectivity index (χ4n) is 3.68. The van der Waals surface area contributed by atoms with Crippen molar-refractivity contribution < 1.29 is 32.6 Å². The van der Waals surface area contributed by atoms with Gasteiger partial charge >= 0.3 is 12.0 Å². The molecule has 0 aliphatic carbocycles. The molecule has 0 atom stereocenters. The largest absolute Gasteiger partial charge is 0.477 e. The number of halogens is 3. The maximum atomic E-state index is 14.1. The van der Waals surface area contributed by atoms with Gasteiger partial charge in [0.25, 0.3) is 0 Å². The van der Waals surface area contributed by atoms with Crippen molar-refractivity contribution >= 4 is 28.5 Å². The van der Waals surface area contributed by atoms with E-state index in [0.717, 1.165) is 32.1 Å². The van der Waals surface area contributed by atoms with Gasteiger partial charge in [-0.15, -0.1) is 0 Å². The minimum atomic E-state index is -1.45. The summed E-state index contributed by atoms with van der Waals surface area (Å²) in [4.78, 5) is 26.3. The number of urea groups is 1. The maximum Gasteiger partial charge on any atom is 0.344 e. The van der Waals surface area contributed by atoms with Crippen molar-refractivity contribution in [1.29, 1.82) is 0 Å². The molecule has 1 aliphatic heterocycles. The summed E-state index contributed by atoms with van der Waals surface area (Å²) < 4.78 is 50.8. The first-order chi connectivity index (χ1) is 16.3. The molecular formula is C22H27F3N4O4S. The number of carbonyl (C=O) groups is 2. The molecule has 186 valence electrons. The lowest BCUT2D eigenvalue weighted by Crippen LogP contribution is -2.33. The van der Waals surface area contributed by atoms with Gasteiger partial charge in [-0.3, -0.25) is 5.32 Å². The second-order valence-corrected chi connectivity index (χ2v) is 8.83. The first-order valence-corrected chi connectivity index (χ1v) is 11.8. The summed E-state index contributed by atoms with van der Waals surface area (Å²) in [5.41, 5.74) is -1.36. The molecule has 0 radical (unpaired) electrons. The molecule has 2 amide bonds. The van der Waals surface area contributed by atoms with E-state index < -0.39 is 53.1 Å². The van der Waals surface area contributed by atoms with Crippen molar-refractivity contribution in [2.75, 3.05) is 31.5 Å². The van der Waals surface area contributed by atoms with Gasteiger partial charge in [-0.05, 0) is 69.0 Å². The number of aromatic nitrogens is 1. The summed E-state index contributed by atoms with van der Waals surface area (Å²) in [6.07, 6.45) is 5.60. The van der Waals surface area contributed by atoms with Crippen molar-refractivity contribution in [3.63, 3.8) is 0 Å². The molecule has 2 heterocycles. The van der Waals surface area contributed by atoms with Gasteiger partial charge in [-0.25, -0.2) is 22.8 Å². The van der Waals surface area contributed by atoms with E-state index in [1.807, 2.05) is 0 Å². The Bertz CT molecular complexity index is 1030. The van der Waals surface area contributed by atoms with Crippen LogP contribution in [0.2, 0.25) is 0 Å². The number of ether oxygens (including phenoxy) is 1. The van der Waals surface area contributed by atoms with E-state index in [-0.39, 0.29) is 10.6 Å². The standard InChI is InChI=1S/C22H27F3N4O4S/c1-13-11-15(23)14(18(25)17(13)24)12-33-19-16(21(30)31)20(34-28-19)27-22(32)26-7-6-10-29-8-4-2-3-5-9-29/h11H,2-10,12H2,1H3,(H,30,31)(H2,26,27,32). The van der Waals surface area contributed by atoms with Crippen LogP contribution >= 0.6 is 11.5 Å². The summed E-state index contributed by atoms with van der Waals surface area (Å²) in [5.74, 6) is -5.54. The van der Waals surface area contributed by atoms with Crippen LogP contribution in [0.5, 0.6) is 5.88 Å². The van der Waals surface area contributed by atoms with E-state index in [0.29, 0.717) is 18.1 Å². The lowest BCUT2D eigenvalue weighted by atomic mass is 10.1. The number of hydrogen-bond donors (Lipinski definition) is 3. The third kappa shape index (κ3) is 6.60. The van der Waals surface area contributed by atoms with Crippen LogP contribution in [0.15, 0.2) is 6.07 Å². The zero-order chi connectivity index (χ0) is 24.7. The number of anilines is 1. The van der Waals surface area contributed by atoms with Crippen molar-refractivity contribution in [3.05, 3.63) is 40.2 Å². The van der Waals surface area contributed by atoms with E-state index in [9.17, 15) is 27.9 Å². The van der Waals surface area contributed by atoms with Crippen LogP contribution in [-0.4, -0.2) is 52.6 Å². The van der Waals surface area contributed by atoms with E-state index >= 15 is 0 Å². The maximum absolute atomic E-state index is 14.1. The van der Waals surface area contributed by atoms with Crippen LogP contribution in [0.3, 0.4) is 0 Å². The quantitative estimate of drug-likeness (QED) is 0.345. The van der Waals surface area contributed by atoms with Crippen LogP contribution < -0.4 is 15.4 Å². The fourth-order valence-corrected chi connectivity index (χ4v) is 4.41. The number of nitrogens with one attached hydrogen (secondary N) is 2. The summed E-state index contributed by atoms with van der Waals surface area (Å²) in [6.45, 7) is 3.83. The van der Waals surface area contributed by atoms with E-state index in [4.69, 9.17) is 4.74 Å². The van der Waals surface area contributed by atoms with Gasteiger partial charge in [0.2, 0.25) is 5.88 Å². The molecule has 1 fully saturated rings. The minimum absolute atomic E-state index is 0.0939. The highest BCUT2D eigenvalue weighted by Gasteiger charge is 2.25. The van der Waals surface area contributed by atoms with Gasteiger partial charge in [0, 0.05) is 6.54 Å². The lowest BCUT2D eigenvalue weighted by molar-refractivity contribution is 0.0693. The fraction of sp³-hybridized carbons (Fsp3) is 0.500. The van der Waals surface area contributed by atoms with Gasteiger partial charge in [-0.2, -0.15) is 4.37 Å². The van der Waals surface area contributed by atoms with Crippen LogP contribution in [0.1, 0.15) is 53.6 Å². The molecule has 1 aliphatic rings. The van der Waals surface area contributed by atoms with Gasteiger partial charge < -0.3 is 20.1 Å². The number of carboxylic acid groups (broad SMARTS) is 1. The summed E-state index contributed by atoms with van der Waals surface area (Å²) >= 11 is 0.649. The van der Waals surface area contributed by atoms with Gasteiger partial charge in [0.05, 0.1) is 5.56 Å². The Morgan fingerprint density at radius 1 is 1.18 bits per heavy atom. The Hall–Kier alpha value is -2.86. The van der Waals surface area contributed by atoms with Crippen molar-refractivity contribution in [1.82, 2.24) is 14.6 Å². The molecule has 3 rings (SSSR count). The molecule has 0 spiro atoms. The second kappa shape index (κ2) is 12.0. The highest BCUT2D eigenvalue weighted by molar-refractivity contribution is 7.11. The zero-order valence-electron chi connectivity index (χ0n) is 18.8. The van der Waals surface area contributed by atoms with Crippen LogP contribution in [0, 0.1) is 24.4 Å². The van der Waals surface area contributed by atoms with Crippen molar-refractivity contribution in [3.8, 4) is 5.88 Å². The Labute approximate surface area is 199 Å².